The fourth-order valence-corrected chi connectivity index (χ4v) is 2.78. The van der Waals surface area contributed by atoms with Gasteiger partial charge in [0.15, 0.2) is 0 Å². The number of amides is 1. The Hall–Kier alpha value is -1.56. The first-order valence-electron chi connectivity index (χ1n) is 7.30. The number of nitrogens with zero attached hydrogens (tertiary/aromatic N) is 2. The number of anilines is 1. The maximum absolute atomic E-state index is 12.3. The molecule has 0 bridgehead atoms. The summed E-state index contributed by atoms with van der Waals surface area (Å²) in [6.45, 7) is 4.56. The number of nitrogens with two attached hydrogens (primary N) is 1. The number of nitrogen functional groups attached to an aromatic ring is 1. The van der Waals surface area contributed by atoms with Crippen LogP contribution in [0.3, 0.4) is 0 Å². The lowest BCUT2D eigenvalue weighted by Crippen LogP contribution is -2.44. The van der Waals surface area contributed by atoms with Crippen molar-refractivity contribution in [1.29, 1.82) is 0 Å². The molecule has 0 saturated heterocycles. The lowest BCUT2D eigenvalue weighted by molar-refractivity contribution is 0.00517. The molecule has 0 radical (unpaired) electrons. The lowest BCUT2D eigenvalue weighted by atomic mass is 9.85. The van der Waals surface area contributed by atoms with Gasteiger partial charge in [-0.25, -0.2) is 0 Å². The quantitative estimate of drug-likeness (QED) is 0.773. The normalized spacial score (nSPS) is 17.9. The number of carbonyl (C=O) groups excluding carboxylic acids is 1. The van der Waals surface area contributed by atoms with Crippen molar-refractivity contribution in [2.75, 3.05) is 12.3 Å². The molecule has 1 saturated carbocycles. The summed E-state index contributed by atoms with van der Waals surface area (Å²) < 4.78 is 1.60. The summed E-state index contributed by atoms with van der Waals surface area (Å²) in [5, 5.41) is 17.4. The molecular weight excluding hydrogens is 256 g/mol. The first-order valence-corrected chi connectivity index (χ1v) is 7.30. The van der Waals surface area contributed by atoms with Gasteiger partial charge in [-0.15, -0.1) is 0 Å². The van der Waals surface area contributed by atoms with Crippen LogP contribution in [0.4, 0.5) is 5.69 Å². The van der Waals surface area contributed by atoms with Gasteiger partial charge in [-0.1, -0.05) is 19.3 Å². The highest BCUT2D eigenvalue weighted by Gasteiger charge is 2.30. The van der Waals surface area contributed by atoms with E-state index < -0.39 is 5.60 Å². The molecule has 1 heterocycles. The van der Waals surface area contributed by atoms with E-state index in [0.29, 0.717) is 23.6 Å². The maximum Gasteiger partial charge on any atom is 0.271 e. The molecule has 4 N–H and O–H groups in total. The molecule has 1 aliphatic rings. The van der Waals surface area contributed by atoms with E-state index in [4.69, 9.17) is 5.73 Å². The average Bonchev–Trinajstić information content (AvgIpc) is 2.73. The van der Waals surface area contributed by atoms with Crippen molar-refractivity contribution < 1.29 is 9.90 Å². The third-order valence-electron chi connectivity index (χ3n) is 4.05. The summed E-state index contributed by atoms with van der Waals surface area (Å²) >= 11 is 0. The van der Waals surface area contributed by atoms with Crippen LogP contribution in [-0.4, -0.2) is 32.9 Å². The van der Waals surface area contributed by atoms with Crippen molar-refractivity contribution in [2.24, 2.45) is 0 Å². The zero-order valence-electron chi connectivity index (χ0n) is 12.3. The Bertz CT molecular complexity index is 490. The van der Waals surface area contributed by atoms with Gasteiger partial charge < -0.3 is 16.2 Å². The number of aromatic nitrogens is 2. The first kappa shape index (κ1) is 14.8. The molecular formula is C14H24N4O2. The first-order chi connectivity index (χ1) is 9.47. The van der Waals surface area contributed by atoms with E-state index >= 15 is 0 Å². The zero-order chi connectivity index (χ0) is 14.8. The predicted molar refractivity (Wildman–Crippen MR) is 77.4 cm³/mol. The summed E-state index contributed by atoms with van der Waals surface area (Å²) in [7, 11) is 0. The molecule has 0 atom stereocenters. The summed E-state index contributed by atoms with van der Waals surface area (Å²) in [4.78, 5) is 12.3. The second-order valence-corrected chi connectivity index (χ2v) is 5.63. The highest BCUT2D eigenvalue weighted by Crippen LogP contribution is 2.27. The van der Waals surface area contributed by atoms with Crippen LogP contribution in [0.2, 0.25) is 0 Å². The van der Waals surface area contributed by atoms with E-state index in [1.165, 1.54) is 0 Å². The third-order valence-corrected chi connectivity index (χ3v) is 4.05. The van der Waals surface area contributed by atoms with E-state index in [-0.39, 0.29) is 12.5 Å². The minimum atomic E-state index is -0.769. The van der Waals surface area contributed by atoms with Crippen LogP contribution in [-0.2, 0) is 6.54 Å². The third kappa shape index (κ3) is 2.95. The Labute approximate surface area is 119 Å². The molecule has 0 aliphatic heterocycles. The van der Waals surface area contributed by atoms with Crippen molar-refractivity contribution in [3.05, 3.63) is 11.4 Å². The molecule has 6 heteroatoms. The molecule has 0 aromatic carbocycles. The highest BCUT2D eigenvalue weighted by molar-refractivity contribution is 5.98. The molecule has 2 rings (SSSR count). The van der Waals surface area contributed by atoms with Crippen LogP contribution in [0.5, 0.6) is 0 Å². The Kier molecular flexibility index (Phi) is 4.32. The van der Waals surface area contributed by atoms with E-state index in [2.05, 4.69) is 10.4 Å². The summed E-state index contributed by atoms with van der Waals surface area (Å²) in [6.07, 6.45) is 4.68. The number of aliphatic hydroxyl groups is 1. The number of rotatable bonds is 4. The topological polar surface area (TPSA) is 93.2 Å². The number of nitrogens with one attached hydrogen (secondary N) is 1. The molecule has 112 valence electrons. The number of carbonyl (C=O) groups is 1. The molecule has 1 aliphatic carbocycles. The molecule has 0 spiro atoms. The minimum Gasteiger partial charge on any atom is -0.395 e. The second-order valence-electron chi connectivity index (χ2n) is 5.63. The summed E-state index contributed by atoms with van der Waals surface area (Å²) in [5.74, 6) is -0.260. The van der Waals surface area contributed by atoms with E-state index in [1.807, 2.05) is 6.92 Å². The largest absolute Gasteiger partial charge is 0.395 e. The van der Waals surface area contributed by atoms with Gasteiger partial charge in [0.25, 0.3) is 5.91 Å². The number of aryl methyl sites for hydroxylation is 2. The van der Waals surface area contributed by atoms with E-state index in [0.717, 1.165) is 32.1 Å². The smallest absolute Gasteiger partial charge is 0.271 e. The fourth-order valence-electron chi connectivity index (χ4n) is 2.78. The van der Waals surface area contributed by atoms with Crippen LogP contribution >= 0.6 is 0 Å². The lowest BCUT2D eigenvalue weighted by Gasteiger charge is -2.32. The number of hydrogen-bond acceptors (Lipinski definition) is 4. The molecule has 0 unspecified atom stereocenters. The fraction of sp³-hybridized carbons (Fsp3) is 0.714. The summed E-state index contributed by atoms with van der Waals surface area (Å²) in [5.41, 5.74) is 6.62. The van der Waals surface area contributed by atoms with Crippen molar-refractivity contribution in [1.82, 2.24) is 15.1 Å². The van der Waals surface area contributed by atoms with Crippen LogP contribution in [0.1, 0.15) is 55.2 Å². The maximum atomic E-state index is 12.3. The van der Waals surface area contributed by atoms with Gasteiger partial charge in [0, 0.05) is 13.1 Å². The van der Waals surface area contributed by atoms with Crippen LogP contribution < -0.4 is 11.1 Å². The molecule has 6 nitrogen and oxygen atoms in total. The molecule has 1 aromatic heterocycles. The van der Waals surface area contributed by atoms with Crippen molar-refractivity contribution >= 4 is 11.6 Å². The van der Waals surface area contributed by atoms with Gasteiger partial charge in [0.2, 0.25) is 0 Å². The Morgan fingerprint density at radius 1 is 1.45 bits per heavy atom. The van der Waals surface area contributed by atoms with Crippen LogP contribution in [0.15, 0.2) is 0 Å². The van der Waals surface area contributed by atoms with Gasteiger partial charge in [0.1, 0.15) is 5.69 Å². The summed E-state index contributed by atoms with van der Waals surface area (Å²) in [6, 6.07) is 0. The minimum absolute atomic E-state index is 0.260. The van der Waals surface area contributed by atoms with E-state index in [9.17, 15) is 9.90 Å². The van der Waals surface area contributed by atoms with Crippen molar-refractivity contribution in [3.8, 4) is 0 Å². The van der Waals surface area contributed by atoms with E-state index in [1.54, 1.807) is 11.6 Å². The van der Waals surface area contributed by atoms with Gasteiger partial charge in [0.05, 0.1) is 17.0 Å². The van der Waals surface area contributed by atoms with Crippen molar-refractivity contribution in [2.45, 2.75) is 58.1 Å². The SMILES string of the molecule is CCn1nc(C)c(N)c1C(=O)NCC1(O)CCCCC1. The Morgan fingerprint density at radius 2 is 2.10 bits per heavy atom. The monoisotopic (exact) mass is 280 g/mol. The predicted octanol–water partition coefficient (Wildman–Crippen LogP) is 1.22. The standard InChI is InChI=1S/C14H24N4O2/c1-3-18-12(11(15)10(2)17-18)13(19)16-9-14(20)7-5-4-6-8-14/h20H,3-9,15H2,1-2H3,(H,16,19). The number of hydrogen-bond donors (Lipinski definition) is 3. The zero-order valence-corrected chi connectivity index (χ0v) is 12.3. The van der Waals surface area contributed by atoms with Gasteiger partial charge in [-0.3, -0.25) is 9.48 Å². The van der Waals surface area contributed by atoms with Crippen LogP contribution in [0.25, 0.3) is 0 Å². The second kappa shape index (κ2) is 5.83. The van der Waals surface area contributed by atoms with Crippen LogP contribution in [0, 0.1) is 6.92 Å². The molecule has 1 fully saturated rings. The van der Waals surface area contributed by atoms with Gasteiger partial charge in [-0.05, 0) is 26.7 Å². The van der Waals surface area contributed by atoms with Gasteiger partial charge in [-0.2, -0.15) is 5.10 Å². The van der Waals surface area contributed by atoms with Gasteiger partial charge >= 0.3 is 0 Å². The Morgan fingerprint density at radius 3 is 2.70 bits per heavy atom. The molecule has 20 heavy (non-hydrogen) atoms. The Balaban J connectivity index is 2.05. The average molecular weight is 280 g/mol. The molecule has 1 amide bonds. The van der Waals surface area contributed by atoms with Crippen molar-refractivity contribution in [3.63, 3.8) is 0 Å². The highest BCUT2D eigenvalue weighted by atomic mass is 16.3. The molecule has 1 aromatic rings.